The van der Waals surface area contributed by atoms with Crippen LogP contribution in [0.1, 0.15) is 10.4 Å². The first-order valence-corrected chi connectivity index (χ1v) is 8.29. The molecule has 0 aliphatic heterocycles. The summed E-state index contributed by atoms with van der Waals surface area (Å²) in [5.41, 5.74) is 0.468. The molecule has 2 rings (SSSR count). The van der Waals surface area contributed by atoms with Crippen molar-refractivity contribution in [3.05, 3.63) is 63.6 Å². The Labute approximate surface area is 153 Å². The summed E-state index contributed by atoms with van der Waals surface area (Å²) in [4.78, 5) is 23.4. The molecule has 0 atom stereocenters. The Morgan fingerprint density at radius 3 is 2.54 bits per heavy atom. The Bertz CT molecular complexity index is 706. The summed E-state index contributed by atoms with van der Waals surface area (Å²) in [6, 6.07) is 13.7. The highest BCUT2D eigenvalue weighted by Gasteiger charge is 2.08. The van der Waals surface area contributed by atoms with Crippen molar-refractivity contribution >= 4 is 39.4 Å². The maximum absolute atomic E-state index is 11.8. The van der Waals surface area contributed by atoms with Gasteiger partial charge in [0.15, 0.2) is 0 Å². The van der Waals surface area contributed by atoms with Gasteiger partial charge in [0.05, 0.1) is 0 Å². The van der Waals surface area contributed by atoms with E-state index in [2.05, 4.69) is 21.2 Å². The zero-order chi connectivity index (χ0) is 17.4. The van der Waals surface area contributed by atoms with Gasteiger partial charge in [0, 0.05) is 15.1 Å². The average Bonchev–Trinajstić information content (AvgIpc) is 2.57. The fraction of sp³-hybridized carbons (Fsp3) is 0.176. The van der Waals surface area contributed by atoms with E-state index in [0.29, 0.717) is 16.3 Å². The van der Waals surface area contributed by atoms with Crippen molar-refractivity contribution in [2.75, 3.05) is 19.8 Å². The number of carbonyl (C=O) groups excluding carboxylic acids is 2. The van der Waals surface area contributed by atoms with Gasteiger partial charge in [-0.2, -0.15) is 0 Å². The highest BCUT2D eigenvalue weighted by Crippen LogP contribution is 2.16. The molecule has 0 unspecified atom stereocenters. The second-order valence-electron chi connectivity index (χ2n) is 4.72. The van der Waals surface area contributed by atoms with Crippen LogP contribution in [-0.2, 0) is 9.53 Å². The van der Waals surface area contributed by atoms with Crippen LogP contribution in [0.15, 0.2) is 53.0 Å². The lowest BCUT2D eigenvalue weighted by molar-refractivity contribution is -0.143. The molecule has 126 valence electrons. The number of amides is 1. The second-order valence-corrected chi connectivity index (χ2v) is 6.07. The molecule has 0 aliphatic carbocycles. The molecule has 0 saturated heterocycles. The van der Waals surface area contributed by atoms with Crippen molar-refractivity contribution in [3.63, 3.8) is 0 Å². The summed E-state index contributed by atoms with van der Waals surface area (Å²) >= 11 is 9.12. The van der Waals surface area contributed by atoms with Gasteiger partial charge in [-0.1, -0.05) is 33.6 Å². The number of hydrogen-bond acceptors (Lipinski definition) is 4. The molecule has 0 radical (unpaired) electrons. The van der Waals surface area contributed by atoms with Crippen molar-refractivity contribution in [1.82, 2.24) is 5.32 Å². The highest BCUT2D eigenvalue weighted by atomic mass is 79.9. The van der Waals surface area contributed by atoms with E-state index in [9.17, 15) is 9.59 Å². The fourth-order valence-corrected chi connectivity index (χ4v) is 2.22. The van der Waals surface area contributed by atoms with Gasteiger partial charge in [0.25, 0.3) is 5.91 Å². The van der Waals surface area contributed by atoms with Crippen molar-refractivity contribution < 1.29 is 19.1 Å². The zero-order valence-corrected chi connectivity index (χ0v) is 15.0. The number of rotatable bonds is 7. The maximum atomic E-state index is 11.8. The zero-order valence-electron chi connectivity index (χ0n) is 12.6. The van der Waals surface area contributed by atoms with E-state index < -0.39 is 5.97 Å². The summed E-state index contributed by atoms with van der Waals surface area (Å²) in [5.74, 6) is -0.271. The minimum absolute atomic E-state index is 0.0828. The molecular formula is C17H15BrClNO4. The SMILES string of the molecule is O=C(CNC(=O)c1ccc(Br)cc1)OCCOc1cccc(Cl)c1. The molecule has 2 aromatic carbocycles. The first-order valence-electron chi connectivity index (χ1n) is 7.12. The molecule has 1 N–H and O–H groups in total. The van der Waals surface area contributed by atoms with Crippen LogP contribution in [0.3, 0.4) is 0 Å². The Hall–Kier alpha value is -2.05. The van der Waals surface area contributed by atoms with Gasteiger partial charge >= 0.3 is 5.97 Å². The quantitative estimate of drug-likeness (QED) is 0.559. The Morgan fingerprint density at radius 2 is 1.83 bits per heavy atom. The molecule has 0 spiro atoms. The first-order chi connectivity index (χ1) is 11.5. The normalized spacial score (nSPS) is 10.1. The van der Waals surface area contributed by atoms with E-state index in [1.54, 1.807) is 48.5 Å². The van der Waals surface area contributed by atoms with Gasteiger partial charge in [-0.25, -0.2) is 0 Å². The number of hydrogen-bond donors (Lipinski definition) is 1. The summed E-state index contributed by atoms with van der Waals surface area (Å²) in [7, 11) is 0. The lowest BCUT2D eigenvalue weighted by Gasteiger charge is -2.08. The molecule has 24 heavy (non-hydrogen) atoms. The van der Waals surface area contributed by atoms with Crippen molar-refractivity contribution in [2.24, 2.45) is 0 Å². The maximum Gasteiger partial charge on any atom is 0.325 e. The average molecular weight is 413 g/mol. The van der Waals surface area contributed by atoms with Crippen LogP contribution in [0.2, 0.25) is 5.02 Å². The fourth-order valence-electron chi connectivity index (χ4n) is 1.78. The summed E-state index contributed by atoms with van der Waals surface area (Å²) < 4.78 is 11.2. The Morgan fingerprint density at radius 1 is 1.08 bits per heavy atom. The van der Waals surface area contributed by atoms with Gasteiger partial charge in [0.1, 0.15) is 25.5 Å². The van der Waals surface area contributed by atoms with Crippen LogP contribution < -0.4 is 10.1 Å². The number of halogens is 2. The van der Waals surface area contributed by atoms with E-state index in [4.69, 9.17) is 21.1 Å². The van der Waals surface area contributed by atoms with Crippen LogP contribution in [-0.4, -0.2) is 31.6 Å². The van der Waals surface area contributed by atoms with Gasteiger partial charge < -0.3 is 14.8 Å². The molecule has 5 nitrogen and oxygen atoms in total. The van der Waals surface area contributed by atoms with E-state index >= 15 is 0 Å². The van der Waals surface area contributed by atoms with Crippen molar-refractivity contribution in [3.8, 4) is 5.75 Å². The van der Waals surface area contributed by atoms with Gasteiger partial charge in [-0.3, -0.25) is 9.59 Å². The third kappa shape index (κ3) is 6.22. The molecule has 7 heteroatoms. The molecule has 2 aromatic rings. The highest BCUT2D eigenvalue weighted by molar-refractivity contribution is 9.10. The number of nitrogens with one attached hydrogen (secondary N) is 1. The van der Waals surface area contributed by atoms with Gasteiger partial charge in [0.2, 0.25) is 0 Å². The Balaban J connectivity index is 1.64. The Kier molecular flexibility index (Phi) is 7.08. The lowest BCUT2D eigenvalue weighted by atomic mass is 10.2. The van der Waals surface area contributed by atoms with Crippen LogP contribution in [0.4, 0.5) is 0 Å². The summed E-state index contributed by atoms with van der Waals surface area (Å²) in [6.45, 7) is 0.0817. The monoisotopic (exact) mass is 411 g/mol. The van der Waals surface area contributed by atoms with E-state index in [1.807, 2.05) is 0 Å². The number of esters is 1. The largest absolute Gasteiger partial charge is 0.490 e. The number of benzene rings is 2. The van der Waals surface area contributed by atoms with E-state index in [0.717, 1.165) is 4.47 Å². The van der Waals surface area contributed by atoms with E-state index in [1.165, 1.54) is 0 Å². The number of carbonyl (C=O) groups is 2. The first kappa shape index (κ1) is 18.3. The van der Waals surface area contributed by atoms with Crippen molar-refractivity contribution in [2.45, 2.75) is 0 Å². The smallest absolute Gasteiger partial charge is 0.325 e. The molecule has 0 bridgehead atoms. The molecule has 0 heterocycles. The molecule has 1 amide bonds. The van der Waals surface area contributed by atoms with E-state index in [-0.39, 0.29) is 25.7 Å². The van der Waals surface area contributed by atoms with Gasteiger partial charge in [-0.05, 0) is 42.5 Å². The molecule has 0 fully saturated rings. The predicted molar refractivity (Wildman–Crippen MR) is 94.4 cm³/mol. The number of ether oxygens (including phenoxy) is 2. The third-order valence-electron chi connectivity index (χ3n) is 2.91. The van der Waals surface area contributed by atoms with Gasteiger partial charge in [-0.15, -0.1) is 0 Å². The molecular weight excluding hydrogens is 398 g/mol. The predicted octanol–water partition coefficient (Wildman–Crippen LogP) is 3.45. The molecule has 0 aliphatic rings. The van der Waals surface area contributed by atoms with Crippen LogP contribution >= 0.6 is 27.5 Å². The summed E-state index contributed by atoms with van der Waals surface area (Å²) in [5, 5.41) is 3.07. The second kappa shape index (κ2) is 9.30. The molecule has 0 saturated carbocycles. The minimum Gasteiger partial charge on any atom is -0.490 e. The topological polar surface area (TPSA) is 64.6 Å². The standard InChI is InChI=1S/C17H15BrClNO4/c18-13-6-4-12(5-7-13)17(22)20-11-16(21)24-9-8-23-15-3-1-2-14(19)10-15/h1-7,10H,8-9,11H2,(H,20,22). The third-order valence-corrected chi connectivity index (χ3v) is 3.67. The van der Waals surface area contributed by atoms with Crippen LogP contribution in [0.25, 0.3) is 0 Å². The van der Waals surface area contributed by atoms with Crippen LogP contribution in [0, 0.1) is 0 Å². The minimum atomic E-state index is -0.532. The molecule has 0 aromatic heterocycles. The summed E-state index contributed by atoms with van der Waals surface area (Å²) in [6.07, 6.45) is 0. The lowest BCUT2D eigenvalue weighted by Crippen LogP contribution is -2.31. The van der Waals surface area contributed by atoms with Crippen LogP contribution in [0.5, 0.6) is 5.75 Å². The van der Waals surface area contributed by atoms with Crippen molar-refractivity contribution in [1.29, 1.82) is 0 Å².